The Morgan fingerprint density at radius 3 is 2.61 bits per heavy atom. The quantitative estimate of drug-likeness (QED) is 0.634. The Morgan fingerprint density at radius 2 is 1.87 bits per heavy atom. The van der Waals surface area contributed by atoms with Crippen LogP contribution in [-0.2, 0) is 11.2 Å². The molecule has 2 aromatic rings. The van der Waals surface area contributed by atoms with E-state index in [2.05, 4.69) is 34.9 Å². The molecule has 1 aliphatic carbocycles. The van der Waals surface area contributed by atoms with Gasteiger partial charge in [0.15, 0.2) is 0 Å². The van der Waals surface area contributed by atoms with Crippen LogP contribution in [0.3, 0.4) is 0 Å². The third-order valence-electron chi connectivity index (χ3n) is 6.72. The van der Waals surface area contributed by atoms with E-state index in [0.29, 0.717) is 0 Å². The average molecular weight is 418 g/mol. The molecule has 0 radical (unpaired) electrons. The summed E-state index contributed by atoms with van der Waals surface area (Å²) in [7, 11) is 1.95. The van der Waals surface area contributed by atoms with Gasteiger partial charge >= 0.3 is 0 Å². The highest BCUT2D eigenvalue weighted by Gasteiger charge is 2.27. The summed E-state index contributed by atoms with van der Waals surface area (Å²) in [6.07, 6.45) is 8.11. The van der Waals surface area contributed by atoms with E-state index in [1.807, 2.05) is 48.4 Å². The third-order valence-corrected chi connectivity index (χ3v) is 6.72. The van der Waals surface area contributed by atoms with E-state index in [0.717, 1.165) is 51.0 Å². The molecule has 0 bridgehead atoms. The molecule has 4 rings (SSSR count). The normalized spacial score (nSPS) is 19.4. The minimum Gasteiger partial charge on any atom is -0.369 e. The number of anilines is 1. The number of hydrogen-bond acceptors (Lipinski definition) is 3. The molecule has 0 saturated carbocycles. The number of benzene rings is 2. The second-order valence-corrected chi connectivity index (χ2v) is 8.81. The molecule has 0 aromatic heterocycles. The topological polar surface area (TPSA) is 26.8 Å². The van der Waals surface area contributed by atoms with E-state index in [1.165, 1.54) is 29.8 Å². The van der Waals surface area contributed by atoms with Crippen molar-refractivity contribution in [1.82, 2.24) is 9.80 Å². The van der Waals surface area contributed by atoms with Gasteiger partial charge in [0.1, 0.15) is 0 Å². The van der Waals surface area contributed by atoms with Crippen molar-refractivity contribution in [3.8, 4) is 0 Å². The van der Waals surface area contributed by atoms with Gasteiger partial charge in [0, 0.05) is 45.0 Å². The van der Waals surface area contributed by atoms with Gasteiger partial charge in [-0.3, -0.25) is 9.69 Å². The van der Waals surface area contributed by atoms with Crippen molar-refractivity contribution < 1.29 is 4.79 Å². The molecule has 1 saturated heterocycles. The Balaban J connectivity index is 1.48. The third kappa shape index (κ3) is 5.19. The van der Waals surface area contributed by atoms with Crippen LogP contribution in [0.15, 0.2) is 54.6 Å². The van der Waals surface area contributed by atoms with Crippen molar-refractivity contribution in [2.75, 3.05) is 44.7 Å². The highest BCUT2D eigenvalue weighted by Crippen LogP contribution is 2.36. The van der Waals surface area contributed by atoms with Crippen LogP contribution in [0.4, 0.5) is 5.69 Å². The van der Waals surface area contributed by atoms with Crippen molar-refractivity contribution in [2.45, 2.75) is 38.6 Å². The van der Waals surface area contributed by atoms with Gasteiger partial charge in [-0.25, -0.2) is 0 Å². The number of rotatable bonds is 6. The second kappa shape index (κ2) is 10.1. The minimum absolute atomic E-state index is 0.0697. The van der Waals surface area contributed by atoms with Gasteiger partial charge in [-0.1, -0.05) is 43.3 Å². The summed E-state index contributed by atoms with van der Waals surface area (Å²) < 4.78 is 0. The minimum atomic E-state index is 0.0697. The van der Waals surface area contributed by atoms with Crippen LogP contribution in [0, 0.1) is 0 Å². The van der Waals surface area contributed by atoms with Crippen LogP contribution in [0.25, 0.3) is 6.08 Å². The molecule has 31 heavy (non-hydrogen) atoms. The molecule has 1 atom stereocenters. The van der Waals surface area contributed by atoms with Crippen molar-refractivity contribution >= 4 is 17.7 Å². The first kappa shape index (κ1) is 21.6. The number of hydrogen-bond donors (Lipinski definition) is 0. The molecular weight excluding hydrogens is 382 g/mol. The Kier molecular flexibility index (Phi) is 7.08. The summed E-state index contributed by atoms with van der Waals surface area (Å²) in [6, 6.07) is 17.1. The maximum atomic E-state index is 12.9. The van der Waals surface area contributed by atoms with Crippen LogP contribution in [0.5, 0.6) is 0 Å². The van der Waals surface area contributed by atoms with Crippen LogP contribution < -0.4 is 4.90 Å². The lowest BCUT2D eigenvalue weighted by atomic mass is 9.86. The molecule has 1 amide bonds. The van der Waals surface area contributed by atoms with E-state index in [4.69, 9.17) is 0 Å². The molecule has 4 nitrogen and oxygen atoms in total. The Bertz CT molecular complexity index is 900. The summed E-state index contributed by atoms with van der Waals surface area (Å²) in [5.74, 6) is 0.0697. The number of carbonyl (C=O) groups is 1. The van der Waals surface area contributed by atoms with Gasteiger partial charge in [0.2, 0.25) is 5.91 Å². The van der Waals surface area contributed by atoms with Crippen LogP contribution >= 0.6 is 0 Å². The van der Waals surface area contributed by atoms with Gasteiger partial charge < -0.3 is 9.80 Å². The van der Waals surface area contributed by atoms with E-state index in [-0.39, 0.29) is 11.9 Å². The zero-order valence-electron chi connectivity index (χ0n) is 19.0. The summed E-state index contributed by atoms with van der Waals surface area (Å²) in [5.41, 5.74) is 5.10. The summed E-state index contributed by atoms with van der Waals surface area (Å²) >= 11 is 0. The number of piperazine rings is 1. The lowest BCUT2D eigenvalue weighted by Crippen LogP contribution is -2.46. The number of amides is 1. The average Bonchev–Trinajstić information content (AvgIpc) is 2.82. The lowest BCUT2D eigenvalue weighted by molar-refractivity contribution is -0.127. The second-order valence-electron chi connectivity index (χ2n) is 8.81. The predicted octanol–water partition coefficient (Wildman–Crippen LogP) is 4.77. The van der Waals surface area contributed by atoms with Crippen LogP contribution in [0.2, 0.25) is 0 Å². The van der Waals surface area contributed by atoms with E-state index in [1.54, 1.807) is 6.08 Å². The summed E-state index contributed by atoms with van der Waals surface area (Å²) in [5, 5.41) is 0. The molecule has 164 valence electrons. The molecule has 1 unspecified atom stereocenters. The molecule has 4 heteroatoms. The Morgan fingerprint density at radius 1 is 1.10 bits per heavy atom. The van der Waals surface area contributed by atoms with Crippen molar-refractivity contribution in [2.24, 2.45) is 0 Å². The molecule has 1 heterocycles. The number of aryl methyl sites for hydroxylation is 1. The highest BCUT2D eigenvalue weighted by molar-refractivity contribution is 5.92. The molecule has 0 spiro atoms. The molecule has 2 aromatic carbocycles. The van der Waals surface area contributed by atoms with Crippen LogP contribution in [-0.4, -0.2) is 55.5 Å². The van der Waals surface area contributed by atoms with Gasteiger partial charge in [-0.2, -0.15) is 0 Å². The van der Waals surface area contributed by atoms with Crippen molar-refractivity contribution in [3.05, 3.63) is 71.3 Å². The molecule has 0 N–H and O–H groups in total. The maximum absolute atomic E-state index is 12.9. The first-order valence-electron chi connectivity index (χ1n) is 11.8. The Hall–Kier alpha value is -2.59. The largest absolute Gasteiger partial charge is 0.369 e. The number of nitrogens with zero attached hydrogens (tertiary/aromatic N) is 3. The maximum Gasteiger partial charge on any atom is 0.246 e. The van der Waals surface area contributed by atoms with Crippen LogP contribution in [0.1, 0.15) is 48.9 Å². The van der Waals surface area contributed by atoms with Crippen molar-refractivity contribution in [1.29, 1.82) is 0 Å². The lowest BCUT2D eigenvalue weighted by Gasteiger charge is -2.38. The molecule has 1 fully saturated rings. The van der Waals surface area contributed by atoms with Gasteiger partial charge in [-0.15, -0.1) is 0 Å². The van der Waals surface area contributed by atoms with E-state index >= 15 is 0 Å². The zero-order valence-corrected chi connectivity index (χ0v) is 19.0. The van der Waals surface area contributed by atoms with Gasteiger partial charge in [-0.05, 0) is 67.1 Å². The monoisotopic (exact) mass is 417 g/mol. The smallest absolute Gasteiger partial charge is 0.246 e. The molecule has 2 aliphatic rings. The van der Waals surface area contributed by atoms with E-state index < -0.39 is 0 Å². The fraction of sp³-hybridized carbons (Fsp3) is 0.444. The van der Waals surface area contributed by atoms with Crippen molar-refractivity contribution in [3.63, 3.8) is 0 Å². The highest BCUT2D eigenvalue weighted by atomic mass is 16.2. The van der Waals surface area contributed by atoms with Gasteiger partial charge in [0.05, 0.1) is 6.04 Å². The predicted molar refractivity (Wildman–Crippen MR) is 129 cm³/mol. The number of likely N-dealkylation sites (N-methyl/N-ethyl adjacent to an activating group) is 1. The fourth-order valence-electron chi connectivity index (χ4n) is 4.91. The standard InChI is InChI=1S/C27H35N3O/c1-3-16-29-17-19-30(20-18-29)24-14-13-23-10-7-11-26(25(23)21-24)28(2)27(31)15-12-22-8-5-4-6-9-22/h4-6,8-9,12-15,21,26H,3,7,10-11,16-20H2,1-2H3/b15-12+. The Labute approximate surface area is 187 Å². The van der Waals surface area contributed by atoms with E-state index in [9.17, 15) is 4.79 Å². The fourth-order valence-corrected chi connectivity index (χ4v) is 4.91. The number of fused-ring (bicyclic) bond motifs is 1. The SMILES string of the molecule is CCCN1CCN(c2ccc3c(c2)C(N(C)C(=O)/C=C/c2ccccc2)CCC3)CC1. The zero-order chi connectivity index (χ0) is 21.6. The molecule has 1 aliphatic heterocycles. The number of carbonyl (C=O) groups excluding carboxylic acids is 1. The summed E-state index contributed by atoms with van der Waals surface area (Å²) in [4.78, 5) is 19.9. The first-order chi connectivity index (χ1) is 15.2. The van der Waals surface area contributed by atoms with Gasteiger partial charge in [0.25, 0.3) is 0 Å². The molecular formula is C27H35N3O. The summed E-state index contributed by atoms with van der Waals surface area (Å²) in [6.45, 7) is 7.89. The first-order valence-corrected chi connectivity index (χ1v) is 11.8.